The third-order valence-electron chi connectivity index (χ3n) is 7.61. The summed E-state index contributed by atoms with van der Waals surface area (Å²) < 4.78 is 0. The molecule has 206 valence electrons. The number of hydrogen-bond acceptors (Lipinski definition) is 8. The lowest BCUT2D eigenvalue weighted by Crippen LogP contribution is -2.44. The first kappa shape index (κ1) is 27.2. The van der Waals surface area contributed by atoms with Crippen molar-refractivity contribution in [2.24, 2.45) is 4.99 Å². The Morgan fingerprint density at radius 1 is 1.07 bits per heavy atom. The second kappa shape index (κ2) is 11.8. The Balaban J connectivity index is 1.49. The predicted molar refractivity (Wildman–Crippen MR) is 161 cm³/mol. The van der Waals surface area contributed by atoms with Crippen molar-refractivity contribution in [3.63, 3.8) is 0 Å². The zero-order valence-electron chi connectivity index (χ0n) is 23.2. The maximum Gasteiger partial charge on any atom is 0.258 e. The normalized spacial score (nSPS) is 16.9. The van der Waals surface area contributed by atoms with Gasteiger partial charge in [-0.05, 0) is 68.9 Å². The van der Waals surface area contributed by atoms with Gasteiger partial charge < -0.3 is 29.8 Å². The number of benzene rings is 2. The summed E-state index contributed by atoms with van der Waals surface area (Å²) in [5, 5.41) is 7.94. The van der Waals surface area contributed by atoms with Crippen LogP contribution in [0.2, 0.25) is 0 Å². The number of aliphatic imine (C=N–C) groups is 1. The fourth-order valence-electron chi connectivity index (χ4n) is 5.18. The molecular weight excluding hydrogens is 502 g/mol. The number of hydrogen-bond donors (Lipinski definition) is 1. The number of fused-ring (bicyclic) bond motifs is 1. The minimum Gasteiger partial charge on any atom is -0.369 e. The van der Waals surface area contributed by atoms with Crippen LogP contribution in [0.1, 0.15) is 40.9 Å². The van der Waals surface area contributed by atoms with Crippen LogP contribution in [0.15, 0.2) is 65.9 Å². The number of nitrogens with zero attached hydrogens (tertiary/aromatic N) is 6. The van der Waals surface area contributed by atoms with Gasteiger partial charge in [0.2, 0.25) is 0 Å². The van der Waals surface area contributed by atoms with E-state index in [0.717, 1.165) is 60.7 Å². The average Bonchev–Trinajstić information content (AvgIpc) is 2.97. The number of piperazine rings is 1. The van der Waals surface area contributed by atoms with Crippen LogP contribution >= 0.6 is 0 Å². The highest BCUT2D eigenvalue weighted by Crippen LogP contribution is 2.39. The first-order chi connectivity index (χ1) is 19.4. The number of amides is 1. The maximum atomic E-state index is 13.5. The molecule has 1 amide bonds. The van der Waals surface area contributed by atoms with Crippen LogP contribution in [0, 0.1) is 12.3 Å². The minimum atomic E-state index is -0.554. The van der Waals surface area contributed by atoms with Crippen LogP contribution < -0.4 is 14.7 Å². The molecule has 0 radical (unpaired) electrons. The number of anilines is 3. The lowest BCUT2D eigenvalue weighted by Gasteiger charge is -2.36. The molecule has 1 fully saturated rings. The highest BCUT2D eigenvalue weighted by Gasteiger charge is 2.29. The van der Waals surface area contributed by atoms with E-state index in [2.05, 4.69) is 34.0 Å². The van der Waals surface area contributed by atoms with E-state index in [0.29, 0.717) is 29.9 Å². The van der Waals surface area contributed by atoms with Gasteiger partial charge in [0.05, 0.1) is 12.0 Å². The number of carbonyl (C=O) groups is 2. The second-order valence-corrected chi connectivity index (χ2v) is 10.5. The van der Waals surface area contributed by atoms with Gasteiger partial charge in [-0.25, -0.2) is 4.99 Å². The molecule has 3 aromatic rings. The van der Waals surface area contributed by atoms with Gasteiger partial charge in [0.1, 0.15) is 12.3 Å². The molecule has 2 aliphatic rings. The van der Waals surface area contributed by atoms with E-state index in [1.165, 1.54) is 0 Å². The summed E-state index contributed by atoms with van der Waals surface area (Å²) in [6, 6.07) is 14.8. The Hall–Kier alpha value is -4.37. The fourth-order valence-corrected chi connectivity index (χ4v) is 5.18. The van der Waals surface area contributed by atoms with Gasteiger partial charge in [-0.3, -0.25) is 9.78 Å². The van der Waals surface area contributed by atoms with Crippen molar-refractivity contribution in [3.05, 3.63) is 77.6 Å². The molecule has 1 aromatic heterocycles. The van der Waals surface area contributed by atoms with E-state index < -0.39 is 6.04 Å². The SMILES string of the molecule is CC(=N)CCN(C(=O)c1ccncc1)c1ccc(C)c(N2C=Nc3ccc(N4CCN(C)CC4)cc3C2C=O)c1. The Morgan fingerprint density at radius 3 is 2.52 bits per heavy atom. The van der Waals surface area contributed by atoms with Gasteiger partial charge >= 0.3 is 0 Å². The standard InChI is InChI=1S/C31H35N7O2/c1-22-4-5-26(37(13-10-23(2)32)31(40)24-8-11-33-12-9-24)19-29(22)38-21-34-28-7-6-25(18-27(28)30(38)20-39)36-16-14-35(3)15-17-36/h4-9,11-12,18-21,30,32H,10,13-17H2,1-3H3. The molecule has 40 heavy (non-hydrogen) atoms. The number of aromatic nitrogens is 1. The molecule has 0 spiro atoms. The average molecular weight is 538 g/mol. The number of carbonyl (C=O) groups excluding carboxylic acids is 2. The molecule has 3 heterocycles. The Bertz CT molecular complexity index is 1430. The third kappa shape index (κ3) is 5.65. The van der Waals surface area contributed by atoms with E-state index in [9.17, 15) is 9.59 Å². The Morgan fingerprint density at radius 2 is 1.82 bits per heavy atom. The first-order valence-electron chi connectivity index (χ1n) is 13.6. The van der Waals surface area contributed by atoms with Crippen molar-refractivity contribution in [1.29, 1.82) is 5.41 Å². The molecule has 1 atom stereocenters. The summed E-state index contributed by atoms with van der Waals surface area (Å²) in [6.07, 6.45) is 6.31. The molecule has 0 bridgehead atoms. The molecule has 9 heteroatoms. The van der Waals surface area contributed by atoms with Gasteiger partial charge in [-0.2, -0.15) is 0 Å². The van der Waals surface area contributed by atoms with Crippen molar-refractivity contribution in [3.8, 4) is 0 Å². The summed E-state index contributed by atoms with van der Waals surface area (Å²) in [6.45, 7) is 7.95. The zero-order valence-corrected chi connectivity index (χ0v) is 23.2. The fraction of sp³-hybridized carbons (Fsp3) is 0.323. The largest absolute Gasteiger partial charge is 0.369 e. The van der Waals surface area contributed by atoms with E-state index in [-0.39, 0.29) is 5.91 Å². The molecule has 1 N–H and O–H groups in total. The summed E-state index contributed by atoms with van der Waals surface area (Å²) >= 11 is 0. The summed E-state index contributed by atoms with van der Waals surface area (Å²) in [5.41, 5.74) is 6.22. The smallest absolute Gasteiger partial charge is 0.258 e. The van der Waals surface area contributed by atoms with Crippen LogP contribution in [0.3, 0.4) is 0 Å². The number of likely N-dealkylation sites (N-methyl/N-ethyl adjacent to an activating group) is 1. The zero-order chi connectivity index (χ0) is 28.2. The first-order valence-corrected chi connectivity index (χ1v) is 13.6. The number of aldehydes is 1. The van der Waals surface area contributed by atoms with Crippen molar-refractivity contribution < 1.29 is 9.59 Å². The highest BCUT2D eigenvalue weighted by atomic mass is 16.2. The van der Waals surface area contributed by atoms with E-state index in [1.807, 2.05) is 36.1 Å². The van der Waals surface area contributed by atoms with Gasteiger partial charge in [-0.15, -0.1) is 0 Å². The van der Waals surface area contributed by atoms with Crippen LogP contribution in [0.4, 0.5) is 22.7 Å². The molecule has 0 aliphatic carbocycles. The quantitative estimate of drug-likeness (QED) is 0.332. The molecule has 9 nitrogen and oxygen atoms in total. The van der Waals surface area contributed by atoms with E-state index in [4.69, 9.17) is 10.4 Å². The highest BCUT2D eigenvalue weighted by molar-refractivity contribution is 6.07. The second-order valence-electron chi connectivity index (χ2n) is 10.5. The minimum absolute atomic E-state index is 0.167. The Labute approximate surface area is 235 Å². The lowest BCUT2D eigenvalue weighted by molar-refractivity contribution is -0.108. The molecule has 0 saturated carbocycles. The predicted octanol–water partition coefficient (Wildman–Crippen LogP) is 4.64. The van der Waals surface area contributed by atoms with Crippen molar-refractivity contribution in [2.75, 3.05) is 54.5 Å². The monoisotopic (exact) mass is 537 g/mol. The van der Waals surface area contributed by atoms with Crippen molar-refractivity contribution >= 4 is 47.0 Å². The molecule has 1 unspecified atom stereocenters. The number of nitrogens with one attached hydrogen (secondary N) is 1. The maximum absolute atomic E-state index is 13.5. The van der Waals surface area contributed by atoms with Gasteiger partial charge in [0.15, 0.2) is 0 Å². The summed E-state index contributed by atoms with van der Waals surface area (Å²) in [4.78, 5) is 43.1. The van der Waals surface area contributed by atoms with Crippen LogP contribution in [-0.4, -0.2) is 73.9 Å². The van der Waals surface area contributed by atoms with E-state index >= 15 is 0 Å². The summed E-state index contributed by atoms with van der Waals surface area (Å²) in [5.74, 6) is -0.167. The summed E-state index contributed by atoms with van der Waals surface area (Å²) in [7, 11) is 2.13. The van der Waals surface area contributed by atoms with Gasteiger partial charge in [0, 0.05) is 85.4 Å². The van der Waals surface area contributed by atoms with Crippen LogP contribution in [0.25, 0.3) is 0 Å². The molecular formula is C31H35N7O2. The number of rotatable bonds is 8. The molecule has 2 aliphatic heterocycles. The van der Waals surface area contributed by atoms with Crippen molar-refractivity contribution in [1.82, 2.24) is 9.88 Å². The van der Waals surface area contributed by atoms with Crippen LogP contribution in [0.5, 0.6) is 0 Å². The third-order valence-corrected chi connectivity index (χ3v) is 7.61. The van der Waals surface area contributed by atoms with Gasteiger partial charge in [-0.1, -0.05) is 6.07 Å². The number of pyridine rings is 1. The van der Waals surface area contributed by atoms with Crippen molar-refractivity contribution in [2.45, 2.75) is 26.3 Å². The molecule has 2 aromatic carbocycles. The molecule has 1 saturated heterocycles. The molecule has 5 rings (SSSR count). The van der Waals surface area contributed by atoms with Crippen LogP contribution in [-0.2, 0) is 4.79 Å². The van der Waals surface area contributed by atoms with E-state index in [1.54, 1.807) is 42.7 Å². The lowest BCUT2D eigenvalue weighted by atomic mass is 9.99. The number of aryl methyl sites for hydroxylation is 1. The topological polar surface area (TPSA) is 96.2 Å². The van der Waals surface area contributed by atoms with Gasteiger partial charge in [0.25, 0.3) is 5.91 Å². The Kier molecular flexibility index (Phi) is 8.02.